The third-order valence-corrected chi connectivity index (χ3v) is 3.50. The predicted molar refractivity (Wildman–Crippen MR) is 85.9 cm³/mol. The summed E-state index contributed by atoms with van der Waals surface area (Å²) in [4.78, 5) is 25.3. The Balaban J connectivity index is 2.27. The minimum Gasteiger partial charge on any atom is -0.361 e. The van der Waals surface area contributed by atoms with E-state index in [0.717, 1.165) is 24.9 Å². The highest BCUT2D eigenvalue weighted by Crippen LogP contribution is 2.27. The minimum atomic E-state index is -0.447. The molecule has 0 radical (unpaired) electrons. The Morgan fingerprint density at radius 3 is 2.43 bits per heavy atom. The Hall–Kier alpha value is -1.85. The van der Waals surface area contributed by atoms with Gasteiger partial charge in [-0.05, 0) is 12.8 Å². The second kappa shape index (κ2) is 5.87. The normalized spacial score (nSPS) is 15.2. The van der Waals surface area contributed by atoms with E-state index in [2.05, 4.69) is 20.2 Å². The van der Waals surface area contributed by atoms with Crippen LogP contribution in [-0.4, -0.2) is 43.1 Å². The van der Waals surface area contributed by atoms with E-state index in [1.807, 2.05) is 39.8 Å². The van der Waals surface area contributed by atoms with Crippen molar-refractivity contribution in [2.75, 3.05) is 42.3 Å². The number of nitrogens with one attached hydrogen (secondary N) is 1. The highest BCUT2D eigenvalue weighted by atomic mass is 16.2. The monoisotopic (exact) mass is 291 g/mol. The molecule has 6 nitrogen and oxygen atoms in total. The van der Waals surface area contributed by atoms with Gasteiger partial charge in [0.2, 0.25) is 11.9 Å². The van der Waals surface area contributed by atoms with Gasteiger partial charge in [0.25, 0.3) is 0 Å². The van der Waals surface area contributed by atoms with E-state index < -0.39 is 5.41 Å². The van der Waals surface area contributed by atoms with Crippen LogP contribution in [0.4, 0.5) is 17.5 Å². The quantitative estimate of drug-likeness (QED) is 0.924. The molecule has 0 saturated carbocycles. The number of nitrogens with zero attached hydrogens (tertiary/aromatic N) is 4. The smallest absolute Gasteiger partial charge is 0.229 e. The van der Waals surface area contributed by atoms with E-state index in [-0.39, 0.29) is 5.91 Å². The van der Waals surface area contributed by atoms with E-state index in [4.69, 9.17) is 0 Å². The molecular weight excluding hydrogens is 266 g/mol. The lowest BCUT2D eigenvalue weighted by atomic mass is 9.95. The number of hydrogen-bond donors (Lipinski definition) is 1. The Bertz CT molecular complexity index is 515. The van der Waals surface area contributed by atoms with E-state index >= 15 is 0 Å². The van der Waals surface area contributed by atoms with Gasteiger partial charge < -0.3 is 15.1 Å². The molecule has 116 valence electrons. The van der Waals surface area contributed by atoms with Gasteiger partial charge in [-0.3, -0.25) is 4.79 Å². The van der Waals surface area contributed by atoms with Gasteiger partial charge in [0.1, 0.15) is 5.69 Å². The van der Waals surface area contributed by atoms with Gasteiger partial charge in [-0.25, -0.2) is 4.98 Å². The maximum Gasteiger partial charge on any atom is 0.229 e. The van der Waals surface area contributed by atoms with Gasteiger partial charge in [-0.15, -0.1) is 0 Å². The third kappa shape index (κ3) is 3.62. The summed E-state index contributed by atoms with van der Waals surface area (Å²) in [6.45, 7) is 7.66. The molecule has 0 spiro atoms. The summed E-state index contributed by atoms with van der Waals surface area (Å²) >= 11 is 0. The van der Waals surface area contributed by atoms with Crippen molar-refractivity contribution < 1.29 is 4.79 Å². The van der Waals surface area contributed by atoms with Gasteiger partial charge in [-0.2, -0.15) is 4.98 Å². The molecule has 1 aliphatic heterocycles. The van der Waals surface area contributed by atoms with Crippen LogP contribution in [0.25, 0.3) is 0 Å². The molecular formula is C15H25N5O. The fraction of sp³-hybridized carbons (Fsp3) is 0.667. The molecule has 1 aliphatic rings. The summed E-state index contributed by atoms with van der Waals surface area (Å²) in [6, 6.07) is 0. The molecule has 0 aliphatic carbocycles. The molecule has 2 heterocycles. The summed E-state index contributed by atoms with van der Waals surface area (Å²) in [5, 5.41) is 2.93. The average Bonchev–Trinajstić information content (AvgIpc) is 2.91. The Labute approximate surface area is 126 Å². The van der Waals surface area contributed by atoms with Gasteiger partial charge >= 0.3 is 0 Å². The summed E-state index contributed by atoms with van der Waals surface area (Å²) in [7, 11) is 3.84. The number of aromatic nitrogens is 2. The van der Waals surface area contributed by atoms with Crippen molar-refractivity contribution in [2.24, 2.45) is 5.41 Å². The second-order valence-electron chi connectivity index (χ2n) is 6.70. The molecule has 1 aromatic rings. The molecule has 1 fully saturated rings. The molecule has 1 aromatic heterocycles. The SMILES string of the molecule is CN(C)c1nc(N2CCCC2)ncc1NC(=O)C(C)(C)C. The second-order valence-corrected chi connectivity index (χ2v) is 6.70. The van der Waals surface area contributed by atoms with Crippen molar-refractivity contribution in [3.05, 3.63) is 6.20 Å². The van der Waals surface area contributed by atoms with Crippen molar-refractivity contribution in [3.8, 4) is 0 Å². The van der Waals surface area contributed by atoms with Crippen molar-refractivity contribution in [1.29, 1.82) is 0 Å². The standard InChI is InChI=1S/C15H25N5O/c1-15(2,3)13(21)17-11-10-16-14(18-12(11)19(4)5)20-8-6-7-9-20/h10H,6-9H2,1-5H3,(H,17,21). The number of hydrogen-bond acceptors (Lipinski definition) is 5. The molecule has 2 rings (SSSR count). The van der Waals surface area contributed by atoms with Gasteiger partial charge in [0.05, 0.1) is 6.20 Å². The van der Waals surface area contributed by atoms with Gasteiger partial charge in [-0.1, -0.05) is 20.8 Å². The molecule has 1 amide bonds. The zero-order valence-electron chi connectivity index (χ0n) is 13.6. The predicted octanol–water partition coefficient (Wildman–Crippen LogP) is 2.13. The van der Waals surface area contributed by atoms with Crippen LogP contribution in [0.1, 0.15) is 33.6 Å². The van der Waals surface area contributed by atoms with Crippen LogP contribution in [0.2, 0.25) is 0 Å². The summed E-state index contributed by atoms with van der Waals surface area (Å²) in [5.74, 6) is 1.44. The maximum atomic E-state index is 12.2. The molecule has 1 saturated heterocycles. The molecule has 6 heteroatoms. The fourth-order valence-electron chi connectivity index (χ4n) is 2.17. The zero-order chi connectivity index (χ0) is 15.6. The van der Waals surface area contributed by atoms with E-state index in [0.29, 0.717) is 5.69 Å². The largest absolute Gasteiger partial charge is 0.361 e. The van der Waals surface area contributed by atoms with Crippen molar-refractivity contribution >= 4 is 23.4 Å². The topological polar surface area (TPSA) is 61.4 Å². The third-order valence-electron chi connectivity index (χ3n) is 3.50. The summed E-state index contributed by atoms with van der Waals surface area (Å²) in [6.07, 6.45) is 4.08. The van der Waals surface area contributed by atoms with Crippen LogP contribution < -0.4 is 15.1 Å². The number of carbonyl (C=O) groups excluding carboxylic acids is 1. The molecule has 0 atom stereocenters. The first-order chi connectivity index (χ1) is 9.79. The maximum absolute atomic E-state index is 12.2. The molecule has 0 aromatic carbocycles. The van der Waals surface area contributed by atoms with E-state index in [1.54, 1.807) is 6.20 Å². The van der Waals surface area contributed by atoms with E-state index in [1.165, 1.54) is 12.8 Å². The number of anilines is 3. The minimum absolute atomic E-state index is 0.0388. The first kappa shape index (κ1) is 15.5. The summed E-state index contributed by atoms with van der Waals surface area (Å²) in [5.41, 5.74) is 0.208. The number of rotatable bonds is 3. The molecule has 21 heavy (non-hydrogen) atoms. The van der Waals surface area contributed by atoms with Crippen LogP contribution in [0.15, 0.2) is 6.20 Å². The van der Waals surface area contributed by atoms with Crippen LogP contribution in [0.5, 0.6) is 0 Å². The highest BCUT2D eigenvalue weighted by Gasteiger charge is 2.24. The molecule has 0 bridgehead atoms. The lowest BCUT2D eigenvalue weighted by molar-refractivity contribution is -0.123. The Morgan fingerprint density at radius 2 is 1.90 bits per heavy atom. The van der Waals surface area contributed by atoms with E-state index in [9.17, 15) is 4.79 Å². The van der Waals surface area contributed by atoms with Crippen LogP contribution >= 0.6 is 0 Å². The first-order valence-electron chi connectivity index (χ1n) is 7.40. The lowest BCUT2D eigenvalue weighted by Crippen LogP contribution is -2.29. The van der Waals surface area contributed by atoms with Crippen LogP contribution in [0, 0.1) is 5.41 Å². The first-order valence-corrected chi connectivity index (χ1v) is 7.40. The van der Waals surface area contributed by atoms with Gasteiger partial charge in [0.15, 0.2) is 5.82 Å². The molecule has 1 N–H and O–H groups in total. The lowest BCUT2D eigenvalue weighted by Gasteiger charge is -2.23. The van der Waals surface area contributed by atoms with Crippen molar-refractivity contribution in [1.82, 2.24) is 9.97 Å². The number of carbonyl (C=O) groups is 1. The van der Waals surface area contributed by atoms with Crippen LogP contribution in [0.3, 0.4) is 0 Å². The average molecular weight is 291 g/mol. The Morgan fingerprint density at radius 1 is 1.29 bits per heavy atom. The zero-order valence-corrected chi connectivity index (χ0v) is 13.6. The van der Waals surface area contributed by atoms with Crippen molar-refractivity contribution in [2.45, 2.75) is 33.6 Å². The Kier molecular flexibility index (Phi) is 4.34. The van der Waals surface area contributed by atoms with Gasteiger partial charge in [0, 0.05) is 32.6 Å². The van der Waals surface area contributed by atoms with Crippen LogP contribution in [-0.2, 0) is 4.79 Å². The molecule has 0 unspecified atom stereocenters. The number of amides is 1. The van der Waals surface area contributed by atoms with Crippen molar-refractivity contribution in [3.63, 3.8) is 0 Å². The fourth-order valence-corrected chi connectivity index (χ4v) is 2.17. The summed E-state index contributed by atoms with van der Waals surface area (Å²) < 4.78 is 0. The highest BCUT2D eigenvalue weighted by molar-refractivity contribution is 5.96.